The first-order valence-electron chi connectivity index (χ1n) is 7.50. The molecule has 1 aliphatic heterocycles. The summed E-state index contributed by atoms with van der Waals surface area (Å²) in [6.45, 7) is 0.797. The highest BCUT2D eigenvalue weighted by Gasteiger charge is 2.19. The Labute approximate surface area is 130 Å². The molecule has 0 radical (unpaired) electrons. The zero-order chi connectivity index (χ0) is 15.4. The average Bonchev–Trinajstić information content (AvgIpc) is 2.55. The number of aryl methyl sites for hydroxylation is 1. The Morgan fingerprint density at radius 2 is 1.82 bits per heavy atom. The van der Waals surface area contributed by atoms with Gasteiger partial charge in [-0.3, -0.25) is 4.79 Å². The number of carbonyl (C=O) groups is 1. The van der Waals surface area contributed by atoms with E-state index in [0.717, 1.165) is 30.6 Å². The average molecular weight is 293 g/mol. The quantitative estimate of drug-likeness (QED) is 0.683. The van der Waals surface area contributed by atoms with Gasteiger partial charge in [-0.15, -0.1) is 0 Å². The minimum atomic E-state index is -0.216. The number of fused-ring (bicyclic) bond motifs is 1. The molecule has 0 unspecified atom stereocenters. The molecule has 22 heavy (non-hydrogen) atoms. The molecule has 1 aliphatic rings. The van der Waals surface area contributed by atoms with Crippen LogP contribution in [0.25, 0.3) is 0 Å². The van der Waals surface area contributed by atoms with Crippen molar-refractivity contribution in [2.75, 3.05) is 11.4 Å². The molecule has 4 heteroatoms. The Balaban J connectivity index is 1.76. The van der Waals surface area contributed by atoms with Crippen LogP contribution in [0.3, 0.4) is 0 Å². The van der Waals surface area contributed by atoms with Crippen LogP contribution in [-0.2, 0) is 17.6 Å². The van der Waals surface area contributed by atoms with Crippen LogP contribution in [0.4, 0.5) is 5.69 Å². The summed E-state index contributed by atoms with van der Waals surface area (Å²) < 4.78 is 0. The molecular weight excluding hydrogens is 274 g/mol. The van der Waals surface area contributed by atoms with Crippen LogP contribution >= 0.6 is 0 Å². The fraction of sp³-hybridized carbons (Fsp3) is 0.222. The summed E-state index contributed by atoms with van der Waals surface area (Å²) in [5.41, 5.74) is 9.33. The summed E-state index contributed by atoms with van der Waals surface area (Å²) in [5, 5.41) is 0. The van der Waals surface area contributed by atoms with Gasteiger partial charge in [-0.2, -0.15) is 4.99 Å². The molecule has 4 nitrogen and oxygen atoms in total. The summed E-state index contributed by atoms with van der Waals surface area (Å²) in [4.78, 5) is 18.1. The third kappa shape index (κ3) is 3.17. The number of guanidine groups is 1. The third-order valence-electron chi connectivity index (χ3n) is 3.82. The lowest BCUT2D eigenvalue weighted by atomic mass is 10.0. The van der Waals surface area contributed by atoms with Gasteiger partial charge >= 0.3 is 0 Å². The first kappa shape index (κ1) is 14.3. The monoisotopic (exact) mass is 293 g/mol. The number of anilines is 1. The fourth-order valence-electron chi connectivity index (χ4n) is 2.77. The maximum Gasteiger partial charge on any atom is 0.253 e. The van der Waals surface area contributed by atoms with E-state index in [2.05, 4.69) is 11.1 Å². The largest absolute Gasteiger partial charge is 0.369 e. The van der Waals surface area contributed by atoms with Crippen LogP contribution in [0.15, 0.2) is 59.6 Å². The van der Waals surface area contributed by atoms with E-state index in [4.69, 9.17) is 5.73 Å². The Kier molecular flexibility index (Phi) is 4.19. The Hall–Kier alpha value is -2.62. The highest BCUT2D eigenvalue weighted by molar-refractivity contribution is 6.02. The molecule has 2 N–H and O–H groups in total. The molecule has 0 aliphatic carbocycles. The molecule has 2 aromatic carbocycles. The number of aliphatic imine (C=N–C) groups is 1. The summed E-state index contributed by atoms with van der Waals surface area (Å²) in [6, 6.07) is 17.7. The van der Waals surface area contributed by atoms with Gasteiger partial charge in [-0.1, -0.05) is 48.5 Å². The van der Waals surface area contributed by atoms with Crippen LogP contribution in [-0.4, -0.2) is 18.4 Å². The number of hydrogen-bond donors (Lipinski definition) is 1. The molecule has 0 atom stereocenters. The minimum Gasteiger partial charge on any atom is -0.369 e. The van der Waals surface area contributed by atoms with E-state index in [-0.39, 0.29) is 18.3 Å². The Morgan fingerprint density at radius 1 is 1.09 bits per heavy atom. The van der Waals surface area contributed by atoms with E-state index in [0.29, 0.717) is 0 Å². The number of benzene rings is 2. The second-order valence-corrected chi connectivity index (χ2v) is 5.41. The van der Waals surface area contributed by atoms with Crippen LogP contribution in [0.5, 0.6) is 0 Å². The SMILES string of the molecule is NC(=NC(=O)Cc1ccccc1)N1CCCc2ccccc21. The number of amides is 1. The van der Waals surface area contributed by atoms with Crippen molar-refractivity contribution in [1.29, 1.82) is 0 Å². The van der Waals surface area contributed by atoms with Crippen molar-refractivity contribution in [2.24, 2.45) is 10.7 Å². The van der Waals surface area contributed by atoms with Gasteiger partial charge < -0.3 is 10.6 Å². The molecule has 0 bridgehead atoms. The van der Waals surface area contributed by atoms with E-state index in [1.54, 1.807) is 0 Å². The molecule has 112 valence electrons. The van der Waals surface area contributed by atoms with Crippen molar-refractivity contribution in [3.63, 3.8) is 0 Å². The number of carbonyl (C=O) groups excluding carboxylic acids is 1. The first-order chi connectivity index (χ1) is 10.7. The van der Waals surface area contributed by atoms with Crippen LogP contribution in [0.2, 0.25) is 0 Å². The second kappa shape index (κ2) is 6.43. The molecule has 3 rings (SSSR count). The molecule has 1 amide bonds. The highest BCUT2D eigenvalue weighted by Crippen LogP contribution is 2.26. The standard InChI is InChI=1S/C18H19N3O/c19-18(20-17(22)13-14-7-2-1-3-8-14)21-12-6-10-15-9-4-5-11-16(15)21/h1-5,7-9,11H,6,10,12-13H2,(H2,19,20,22). The maximum atomic E-state index is 12.1. The summed E-state index contributed by atoms with van der Waals surface area (Å²) in [5.74, 6) is 0.0693. The van der Waals surface area contributed by atoms with Crippen molar-refractivity contribution in [1.82, 2.24) is 0 Å². The lowest BCUT2D eigenvalue weighted by Crippen LogP contribution is -2.41. The minimum absolute atomic E-state index is 0.216. The molecule has 2 aromatic rings. The second-order valence-electron chi connectivity index (χ2n) is 5.41. The van der Waals surface area contributed by atoms with Gasteiger partial charge in [0, 0.05) is 12.2 Å². The van der Waals surface area contributed by atoms with Crippen molar-refractivity contribution in [3.05, 3.63) is 65.7 Å². The predicted molar refractivity (Wildman–Crippen MR) is 88.9 cm³/mol. The number of para-hydroxylation sites is 1. The molecule has 0 fully saturated rings. The predicted octanol–water partition coefficient (Wildman–Crippen LogP) is 2.52. The van der Waals surface area contributed by atoms with Gasteiger partial charge in [-0.25, -0.2) is 0 Å². The summed E-state index contributed by atoms with van der Waals surface area (Å²) in [7, 11) is 0. The molecule has 0 spiro atoms. The topological polar surface area (TPSA) is 58.7 Å². The zero-order valence-electron chi connectivity index (χ0n) is 12.4. The van der Waals surface area contributed by atoms with Crippen LogP contribution in [0.1, 0.15) is 17.5 Å². The Morgan fingerprint density at radius 3 is 2.64 bits per heavy atom. The normalized spacial score (nSPS) is 14.5. The lowest BCUT2D eigenvalue weighted by Gasteiger charge is -2.29. The van der Waals surface area contributed by atoms with Crippen LogP contribution < -0.4 is 10.6 Å². The molecular formula is C18H19N3O. The van der Waals surface area contributed by atoms with E-state index >= 15 is 0 Å². The number of hydrogen-bond acceptors (Lipinski definition) is 1. The molecule has 0 saturated carbocycles. The van der Waals surface area contributed by atoms with Crippen molar-refractivity contribution in [2.45, 2.75) is 19.3 Å². The third-order valence-corrected chi connectivity index (χ3v) is 3.82. The first-order valence-corrected chi connectivity index (χ1v) is 7.50. The maximum absolute atomic E-state index is 12.1. The van der Waals surface area contributed by atoms with Crippen LogP contribution in [0, 0.1) is 0 Å². The van der Waals surface area contributed by atoms with E-state index in [9.17, 15) is 4.79 Å². The van der Waals surface area contributed by atoms with Gasteiger partial charge in [0.2, 0.25) is 5.96 Å². The van der Waals surface area contributed by atoms with Crippen molar-refractivity contribution < 1.29 is 4.79 Å². The number of rotatable bonds is 2. The molecule has 0 saturated heterocycles. The van der Waals surface area contributed by atoms with Gasteiger partial charge in [0.1, 0.15) is 0 Å². The van der Waals surface area contributed by atoms with Crippen molar-refractivity contribution >= 4 is 17.6 Å². The van der Waals surface area contributed by atoms with Gasteiger partial charge in [0.15, 0.2) is 0 Å². The fourth-order valence-corrected chi connectivity index (χ4v) is 2.77. The van der Waals surface area contributed by atoms with Gasteiger partial charge in [0.25, 0.3) is 5.91 Å². The number of nitrogens with two attached hydrogens (primary N) is 1. The molecule has 0 aromatic heterocycles. The molecule has 1 heterocycles. The summed E-state index contributed by atoms with van der Waals surface area (Å²) in [6.07, 6.45) is 2.33. The Bertz CT molecular complexity index is 694. The number of nitrogens with zero attached hydrogens (tertiary/aromatic N) is 2. The van der Waals surface area contributed by atoms with Crippen molar-refractivity contribution in [3.8, 4) is 0 Å². The van der Waals surface area contributed by atoms with Gasteiger partial charge in [0.05, 0.1) is 6.42 Å². The zero-order valence-corrected chi connectivity index (χ0v) is 12.4. The van der Waals surface area contributed by atoms with Gasteiger partial charge in [-0.05, 0) is 30.0 Å². The smallest absolute Gasteiger partial charge is 0.253 e. The van der Waals surface area contributed by atoms with E-state index in [1.165, 1.54) is 5.56 Å². The highest BCUT2D eigenvalue weighted by atomic mass is 16.1. The lowest BCUT2D eigenvalue weighted by molar-refractivity contribution is -0.117. The summed E-state index contributed by atoms with van der Waals surface area (Å²) >= 11 is 0. The van der Waals surface area contributed by atoms with E-state index in [1.807, 2.05) is 53.4 Å². The van der Waals surface area contributed by atoms with E-state index < -0.39 is 0 Å².